The Morgan fingerprint density at radius 2 is 1.77 bits per heavy atom. The van der Waals surface area contributed by atoms with Crippen LogP contribution in [0.25, 0.3) is 0 Å². The molecule has 2 saturated heterocycles. The summed E-state index contributed by atoms with van der Waals surface area (Å²) in [5, 5.41) is 3.34. The van der Waals surface area contributed by atoms with Crippen molar-refractivity contribution in [1.82, 2.24) is 10.2 Å². The van der Waals surface area contributed by atoms with Crippen LogP contribution in [0.15, 0.2) is 54.6 Å². The van der Waals surface area contributed by atoms with Crippen molar-refractivity contribution < 1.29 is 9.53 Å². The Labute approximate surface area is 155 Å². The van der Waals surface area contributed by atoms with Crippen LogP contribution < -0.4 is 10.1 Å². The first-order valence-corrected chi connectivity index (χ1v) is 9.40. The molecule has 26 heavy (non-hydrogen) atoms. The molecule has 4 heteroatoms. The van der Waals surface area contributed by atoms with E-state index < -0.39 is 0 Å². The third kappa shape index (κ3) is 3.34. The number of carbonyl (C=O) groups excluding carboxylic acids is 1. The third-order valence-electron chi connectivity index (χ3n) is 5.96. The molecule has 2 aromatic carbocycles. The minimum atomic E-state index is -0.0746. The van der Waals surface area contributed by atoms with E-state index in [4.69, 9.17) is 4.74 Å². The average molecular weight is 350 g/mol. The highest BCUT2D eigenvalue weighted by Crippen LogP contribution is 2.43. The number of benzene rings is 2. The Kier molecular flexibility index (Phi) is 4.68. The van der Waals surface area contributed by atoms with Crippen LogP contribution in [0.1, 0.15) is 36.3 Å². The molecule has 2 aliphatic rings. The summed E-state index contributed by atoms with van der Waals surface area (Å²) in [6.07, 6.45) is 2.63. The molecule has 2 aromatic rings. The van der Waals surface area contributed by atoms with Gasteiger partial charge in [0.25, 0.3) is 0 Å². The van der Waals surface area contributed by atoms with E-state index >= 15 is 0 Å². The van der Waals surface area contributed by atoms with Crippen molar-refractivity contribution in [2.75, 3.05) is 20.2 Å². The van der Waals surface area contributed by atoms with Gasteiger partial charge in [0.15, 0.2) is 0 Å². The summed E-state index contributed by atoms with van der Waals surface area (Å²) in [7, 11) is 1.69. The van der Waals surface area contributed by atoms with E-state index in [-0.39, 0.29) is 11.4 Å². The van der Waals surface area contributed by atoms with Crippen LogP contribution in [0.4, 0.5) is 0 Å². The number of piperidine rings is 1. The predicted molar refractivity (Wildman–Crippen MR) is 102 cm³/mol. The zero-order chi connectivity index (χ0) is 18.0. The number of amides is 1. The molecule has 2 aliphatic heterocycles. The van der Waals surface area contributed by atoms with E-state index in [1.807, 2.05) is 18.2 Å². The number of nitrogens with zero attached hydrogens (tertiary/aromatic N) is 1. The van der Waals surface area contributed by atoms with Crippen molar-refractivity contribution in [1.29, 1.82) is 0 Å². The summed E-state index contributed by atoms with van der Waals surface area (Å²) in [6, 6.07) is 18.8. The lowest BCUT2D eigenvalue weighted by atomic mass is 9.74. The fourth-order valence-corrected chi connectivity index (χ4v) is 4.49. The van der Waals surface area contributed by atoms with Gasteiger partial charge in [0.1, 0.15) is 5.75 Å². The molecule has 1 amide bonds. The molecule has 2 heterocycles. The fourth-order valence-electron chi connectivity index (χ4n) is 4.49. The van der Waals surface area contributed by atoms with E-state index in [1.165, 1.54) is 11.1 Å². The second-order valence-electron chi connectivity index (χ2n) is 7.50. The van der Waals surface area contributed by atoms with Crippen LogP contribution in [0.3, 0.4) is 0 Å². The molecule has 1 spiro atoms. The molecule has 0 bridgehead atoms. The van der Waals surface area contributed by atoms with Gasteiger partial charge >= 0.3 is 0 Å². The van der Waals surface area contributed by atoms with Crippen LogP contribution in [0, 0.1) is 0 Å². The van der Waals surface area contributed by atoms with Gasteiger partial charge in [-0.3, -0.25) is 9.69 Å². The lowest BCUT2D eigenvalue weighted by Gasteiger charge is -2.43. The average Bonchev–Trinajstić information content (AvgIpc) is 3.01. The Morgan fingerprint density at radius 3 is 2.42 bits per heavy atom. The highest BCUT2D eigenvalue weighted by atomic mass is 16.5. The van der Waals surface area contributed by atoms with Gasteiger partial charge in [-0.05, 0) is 36.1 Å². The summed E-state index contributed by atoms with van der Waals surface area (Å²) in [5.41, 5.74) is 2.51. The van der Waals surface area contributed by atoms with Crippen LogP contribution >= 0.6 is 0 Å². The molecule has 1 unspecified atom stereocenters. The quantitative estimate of drug-likeness (QED) is 0.920. The molecular formula is C22H26N2O2. The molecule has 0 aliphatic carbocycles. The normalized spacial score (nSPS) is 22.3. The number of hydrogen-bond acceptors (Lipinski definition) is 3. The maximum atomic E-state index is 12.2. The fraction of sp³-hybridized carbons (Fsp3) is 0.409. The minimum Gasteiger partial charge on any atom is -0.497 e. The molecular weight excluding hydrogens is 324 g/mol. The Morgan fingerprint density at radius 1 is 1.08 bits per heavy atom. The number of ether oxygens (including phenoxy) is 1. The van der Waals surface area contributed by atoms with Crippen LogP contribution in [-0.4, -0.2) is 36.5 Å². The first kappa shape index (κ1) is 17.1. The van der Waals surface area contributed by atoms with Gasteiger partial charge in [-0.15, -0.1) is 0 Å². The first-order chi connectivity index (χ1) is 12.7. The summed E-state index contributed by atoms with van der Waals surface area (Å²) in [6.45, 7) is 2.97. The molecule has 0 radical (unpaired) electrons. The van der Waals surface area contributed by atoms with Gasteiger partial charge in [-0.2, -0.15) is 0 Å². The smallest absolute Gasteiger partial charge is 0.221 e. The van der Waals surface area contributed by atoms with Gasteiger partial charge in [0.05, 0.1) is 7.11 Å². The molecule has 4 nitrogen and oxygen atoms in total. The zero-order valence-electron chi connectivity index (χ0n) is 15.3. The van der Waals surface area contributed by atoms with Gasteiger partial charge in [-0.1, -0.05) is 42.5 Å². The number of likely N-dealkylation sites (tertiary alicyclic amines) is 1. The maximum absolute atomic E-state index is 12.2. The summed E-state index contributed by atoms with van der Waals surface area (Å²) >= 11 is 0. The summed E-state index contributed by atoms with van der Waals surface area (Å²) in [5.74, 6) is 1.38. The Balaban J connectivity index is 1.43. The number of rotatable bonds is 4. The van der Waals surface area contributed by atoms with Crippen molar-refractivity contribution in [3.8, 4) is 5.75 Å². The number of hydrogen-bond donors (Lipinski definition) is 1. The summed E-state index contributed by atoms with van der Waals surface area (Å²) < 4.78 is 5.23. The standard InChI is InChI=1S/C22H26N2O2/c1-26-19-9-7-17(8-10-19)16-24-13-11-22(12-14-24)20(15-21(25)23-22)18-5-3-2-4-6-18/h2-10,20H,11-16H2,1H3,(H,23,25). The van der Waals surface area contributed by atoms with Gasteiger partial charge < -0.3 is 10.1 Å². The largest absolute Gasteiger partial charge is 0.497 e. The molecule has 1 N–H and O–H groups in total. The van der Waals surface area contributed by atoms with Crippen molar-refractivity contribution >= 4 is 5.91 Å². The molecule has 1 atom stereocenters. The zero-order valence-corrected chi connectivity index (χ0v) is 15.3. The van der Waals surface area contributed by atoms with Gasteiger partial charge in [-0.25, -0.2) is 0 Å². The van der Waals surface area contributed by atoms with E-state index in [2.05, 4.69) is 46.6 Å². The number of carbonyl (C=O) groups is 1. The lowest BCUT2D eigenvalue weighted by Crippen LogP contribution is -2.53. The van der Waals surface area contributed by atoms with Crippen molar-refractivity contribution in [3.05, 3.63) is 65.7 Å². The molecule has 136 valence electrons. The van der Waals surface area contributed by atoms with Crippen LogP contribution in [0.2, 0.25) is 0 Å². The van der Waals surface area contributed by atoms with E-state index in [0.717, 1.165) is 38.2 Å². The Hall–Kier alpha value is -2.33. The van der Waals surface area contributed by atoms with E-state index in [9.17, 15) is 4.79 Å². The second-order valence-corrected chi connectivity index (χ2v) is 7.50. The molecule has 0 saturated carbocycles. The SMILES string of the molecule is COc1ccc(CN2CCC3(CC2)NC(=O)CC3c2ccccc2)cc1. The van der Waals surface area contributed by atoms with Crippen LogP contribution in [-0.2, 0) is 11.3 Å². The number of methoxy groups -OCH3 is 1. The Bertz CT molecular complexity index is 749. The molecule has 0 aromatic heterocycles. The van der Waals surface area contributed by atoms with Crippen molar-refractivity contribution in [2.45, 2.75) is 37.3 Å². The highest BCUT2D eigenvalue weighted by molar-refractivity contribution is 5.81. The second kappa shape index (κ2) is 7.12. The number of nitrogens with one attached hydrogen (secondary N) is 1. The highest BCUT2D eigenvalue weighted by Gasteiger charge is 2.48. The van der Waals surface area contributed by atoms with Gasteiger partial charge in [0, 0.05) is 37.5 Å². The first-order valence-electron chi connectivity index (χ1n) is 9.40. The van der Waals surface area contributed by atoms with E-state index in [1.54, 1.807) is 7.11 Å². The minimum absolute atomic E-state index is 0.0746. The van der Waals surface area contributed by atoms with Crippen LogP contribution in [0.5, 0.6) is 5.75 Å². The van der Waals surface area contributed by atoms with Crippen molar-refractivity contribution in [2.24, 2.45) is 0 Å². The topological polar surface area (TPSA) is 41.6 Å². The molecule has 2 fully saturated rings. The van der Waals surface area contributed by atoms with Crippen molar-refractivity contribution in [3.63, 3.8) is 0 Å². The third-order valence-corrected chi connectivity index (χ3v) is 5.96. The monoisotopic (exact) mass is 350 g/mol. The molecule has 4 rings (SSSR count). The maximum Gasteiger partial charge on any atom is 0.221 e. The lowest BCUT2D eigenvalue weighted by molar-refractivity contribution is -0.120. The van der Waals surface area contributed by atoms with Gasteiger partial charge in [0.2, 0.25) is 5.91 Å². The summed E-state index contributed by atoms with van der Waals surface area (Å²) in [4.78, 5) is 14.7. The predicted octanol–water partition coefficient (Wildman–Crippen LogP) is 3.33. The van der Waals surface area contributed by atoms with E-state index in [0.29, 0.717) is 12.3 Å².